The molecule has 2 heterocycles. The Bertz CT molecular complexity index is 2410. The number of hydrogen-bond acceptors (Lipinski definition) is 8. The van der Waals surface area contributed by atoms with E-state index in [2.05, 4.69) is 77.9 Å². The highest BCUT2D eigenvalue weighted by Crippen LogP contribution is 2.36. The molecule has 2 N–H and O–H groups in total. The van der Waals surface area contributed by atoms with Crippen LogP contribution in [0, 0.1) is 18.3 Å². The van der Waals surface area contributed by atoms with Gasteiger partial charge >= 0.3 is 0 Å². The minimum Gasteiger partial charge on any atom is -0.492 e. The minimum absolute atomic E-state index is 0.0237. The quantitative estimate of drug-likeness (QED) is 0.0554. The van der Waals surface area contributed by atoms with Crippen LogP contribution in [0.5, 0.6) is 5.75 Å². The molecule has 66 heavy (non-hydrogen) atoms. The van der Waals surface area contributed by atoms with Crippen molar-refractivity contribution in [2.24, 2.45) is 11.3 Å². The summed E-state index contributed by atoms with van der Waals surface area (Å²) in [5.74, 6) is -0.523. The van der Waals surface area contributed by atoms with Gasteiger partial charge < -0.3 is 25.0 Å². The van der Waals surface area contributed by atoms with Crippen molar-refractivity contribution in [1.29, 1.82) is 0 Å². The highest BCUT2D eigenvalue weighted by atomic mass is 32.1. The maximum atomic E-state index is 14.1. The number of β-amino-alcohol motifs (C(OH)–C–C–N with tert-alkyl or cyclic N) is 1. The van der Waals surface area contributed by atoms with Crippen LogP contribution < -0.4 is 10.1 Å². The first-order valence-electron chi connectivity index (χ1n) is 23.3. The SMILES string of the molecule is CC/C(=C(\c1ccccc1)c1ccc(OCCN(C)C(=O)CCCCCC(=O)C[C@H](C(=O)N2C[C@H](O)C[C@H]2C(=O)NCc2ccc(-c3scnc3C)cc2)C(C)(C)C)cc1)c1ccccc1. The van der Waals surface area contributed by atoms with Gasteiger partial charge in [0.15, 0.2) is 0 Å². The molecule has 0 radical (unpaired) electrons. The summed E-state index contributed by atoms with van der Waals surface area (Å²) in [6.07, 6.45) is 2.90. The third kappa shape index (κ3) is 13.3. The highest BCUT2D eigenvalue weighted by Gasteiger charge is 2.44. The van der Waals surface area contributed by atoms with Crippen molar-refractivity contribution in [3.8, 4) is 16.2 Å². The van der Waals surface area contributed by atoms with Gasteiger partial charge in [0.25, 0.3) is 0 Å². The number of benzene rings is 4. The largest absolute Gasteiger partial charge is 0.492 e. The van der Waals surface area contributed by atoms with E-state index in [1.54, 1.807) is 23.3 Å². The third-order valence-electron chi connectivity index (χ3n) is 12.5. The first-order valence-corrected chi connectivity index (χ1v) is 24.2. The van der Waals surface area contributed by atoms with E-state index in [1.165, 1.54) is 21.6 Å². The fraction of sp³-hybridized carbons (Fsp3) is 0.400. The number of aliphatic hydroxyl groups is 1. The topological polar surface area (TPSA) is 129 Å². The predicted molar refractivity (Wildman–Crippen MR) is 265 cm³/mol. The number of aromatic nitrogens is 1. The van der Waals surface area contributed by atoms with Gasteiger partial charge in [-0.05, 0) is 82.7 Å². The number of aliphatic hydroxyl groups excluding tert-OH is 1. The van der Waals surface area contributed by atoms with Crippen LogP contribution in [0.25, 0.3) is 21.6 Å². The van der Waals surface area contributed by atoms with E-state index in [9.17, 15) is 24.3 Å². The van der Waals surface area contributed by atoms with Crippen LogP contribution >= 0.6 is 11.3 Å². The normalized spacial score (nSPS) is 15.8. The van der Waals surface area contributed by atoms with Crippen molar-refractivity contribution in [3.63, 3.8) is 0 Å². The van der Waals surface area contributed by atoms with Gasteiger partial charge in [-0.15, -0.1) is 11.3 Å². The maximum absolute atomic E-state index is 14.1. The number of Topliss-reactive ketones (excluding diaryl/α,β-unsaturated/α-hetero) is 1. The summed E-state index contributed by atoms with van der Waals surface area (Å²) >= 11 is 1.58. The third-order valence-corrected chi connectivity index (χ3v) is 13.5. The lowest BCUT2D eigenvalue weighted by Gasteiger charge is -2.34. The fourth-order valence-corrected chi connectivity index (χ4v) is 9.46. The molecule has 5 aromatic rings. The molecule has 10 nitrogen and oxygen atoms in total. The van der Waals surface area contributed by atoms with Gasteiger partial charge in [-0.25, -0.2) is 4.98 Å². The van der Waals surface area contributed by atoms with Gasteiger partial charge in [-0.2, -0.15) is 0 Å². The van der Waals surface area contributed by atoms with Crippen LogP contribution in [0.2, 0.25) is 0 Å². The number of thiazole rings is 1. The molecule has 348 valence electrons. The van der Waals surface area contributed by atoms with Gasteiger partial charge in [0.05, 0.1) is 28.7 Å². The number of ether oxygens (including phenoxy) is 1. The van der Waals surface area contributed by atoms with E-state index < -0.39 is 23.5 Å². The molecule has 11 heteroatoms. The Hall–Kier alpha value is -5.91. The number of unbranched alkanes of at least 4 members (excludes halogenated alkanes) is 2. The number of carbonyl (C=O) groups excluding carboxylic acids is 4. The summed E-state index contributed by atoms with van der Waals surface area (Å²) in [6.45, 7) is 11.1. The van der Waals surface area contributed by atoms with Crippen molar-refractivity contribution in [1.82, 2.24) is 20.1 Å². The van der Waals surface area contributed by atoms with E-state index in [0.29, 0.717) is 45.3 Å². The molecule has 0 unspecified atom stereocenters. The number of carbonyl (C=O) groups is 4. The number of rotatable bonds is 21. The Morgan fingerprint density at radius 3 is 2.12 bits per heavy atom. The molecule has 3 amide bonds. The smallest absolute Gasteiger partial charge is 0.243 e. The molecular weight excluding hydrogens is 845 g/mol. The van der Waals surface area contributed by atoms with Crippen molar-refractivity contribution in [2.45, 2.75) is 105 Å². The maximum Gasteiger partial charge on any atom is 0.243 e. The molecule has 1 aliphatic heterocycles. The molecule has 6 rings (SSSR count). The van der Waals surface area contributed by atoms with Crippen LogP contribution in [0.1, 0.15) is 107 Å². The molecule has 0 aliphatic carbocycles. The molecule has 0 saturated carbocycles. The number of hydrogen-bond donors (Lipinski definition) is 2. The Morgan fingerprint density at radius 1 is 0.864 bits per heavy atom. The summed E-state index contributed by atoms with van der Waals surface area (Å²) < 4.78 is 6.07. The number of nitrogens with zero attached hydrogens (tertiary/aromatic N) is 3. The predicted octanol–water partition coefficient (Wildman–Crippen LogP) is 10.2. The van der Waals surface area contributed by atoms with Gasteiger partial charge in [-0.3, -0.25) is 19.2 Å². The summed E-state index contributed by atoms with van der Waals surface area (Å²) in [5, 5.41) is 13.6. The zero-order valence-electron chi connectivity index (χ0n) is 39.4. The Balaban J connectivity index is 0.920. The molecular formula is C55H66N4O6S. The molecule has 1 fully saturated rings. The van der Waals surface area contributed by atoms with Gasteiger partial charge in [-0.1, -0.05) is 131 Å². The second-order valence-corrected chi connectivity index (χ2v) is 19.3. The highest BCUT2D eigenvalue weighted by molar-refractivity contribution is 7.13. The van der Waals surface area contributed by atoms with E-state index >= 15 is 0 Å². The summed E-state index contributed by atoms with van der Waals surface area (Å²) in [5.41, 5.74) is 10.2. The van der Waals surface area contributed by atoms with Crippen molar-refractivity contribution in [3.05, 3.63) is 143 Å². The zero-order chi connectivity index (χ0) is 47.2. The average Bonchev–Trinajstić information content (AvgIpc) is 3.94. The number of aryl methyl sites for hydroxylation is 1. The van der Waals surface area contributed by atoms with Crippen LogP contribution in [0.3, 0.4) is 0 Å². The van der Waals surface area contributed by atoms with Crippen LogP contribution in [0.4, 0.5) is 0 Å². The first kappa shape index (κ1) is 49.5. The second kappa shape index (κ2) is 23.5. The molecule has 3 atom stereocenters. The fourth-order valence-electron chi connectivity index (χ4n) is 8.65. The lowest BCUT2D eigenvalue weighted by molar-refractivity contribution is -0.146. The monoisotopic (exact) mass is 910 g/mol. The first-order chi connectivity index (χ1) is 31.7. The Morgan fingerprint density at radius 2 is 1.50 bits per heavy atom. The number of allylic oxidation sites excluding steroid dienone is 1. The molecule has 1 saturated heterocycles. The van der Waals surface area contributed by atoms with Crippen LogP contribution in [0.15, 0.2) is 115 Å². The zero-order valence-corrected chi connectivity index (χ0v) is 40.2. The van der Waals surface area contributed by atoms with Crippen LogP contribution in [-0.4, -0.2) is 82.3 Å². The number of nitrogens with one attached hydrogen (secondary N) is 1. The molecule has 1 aromatic heterocycles. The van der Waals surface area contributed by atoms with Crippen molar-refractivity contribution in [2.75, 3.05) is 26.7 Å². The Kier molecular flexibility index (Phi) is 17.6. The van der Waals surface area contributed by atoms with E-state index in [4.69, 9.17) is 4.74 Å². The van der Waals surface area contributed by atoms with Gasteiger partial charge in [0, 0.05) is 51.7 Å². The standard InChI is InChI=1S/C55H66N4O6S/c1-7-47(40-17-11-8-12-18-40)51(41-19-13-9-14-20-41)42-27-29-46(30-28-42)65-32-31-58(6)50(62)22-16-10-15-21-44(60)33-48(55(3,4)5)54(64)59-36-45(61)34-49(59)53(63)56-35-39-23-25-43(26-24-39)52-38(2)57-37-66-52/h8-9,11-14,17-20,23-30,37,45,48-49,61H,7,10,15-16,21-22,31-36H2,1-6H3,(H,56,63)/b51-47-/t45-,48-,49+/m1/s1. The summed E-state index contributed by atoms with van der Waals surface area (Å²) in [7, 11) is 1.78. The summed E-state index contributed by atoms with van der Waals surface area (Å²) in [4.78, 5) is 62.5. The van der Waals surface area contributed by atoms with E-state index in [1.807, 2.05) is 81.7 Å². The summed E-state index contributed by atoms with van der Waals surface area (Å²) in [6, 6.07) is 36.2. The number of ketones is 1. The van der Waals surface area contributed by atoms with E-state index in [-0.39, 0.29) is 49.4 Å². The average molecular weight is 911 g/mol. The molecule has 0 bridgehead atoms. The lowest BCUT2D eigenvalue weighted by Crippen LogP contribution is -2.50. The Labute approximate surface area is 395 Å². The molecule has 1 aliphatic rings. The van der Waals surface area contributed by atoms with Crippen LogP contribution in [-0.2, 0) is 25.7 Å². The number of likely N-dealkylation sites (N-methyl/N-ethyl adjacent to an activating group) is 1. The minimum atomic E-state index is -0.827. The number of amides is 3. The second-order valence-electron chi connectivity index (χ2n) is 18.4. The molecule has 4 aromatic carbocycles. The van der Waals surface area contributed by atoms with Crippen molar-refractivity contribution >= 4 is 46.0 Å². The van der Waals surface area contributed by atoms with Gasteiger partial charge in [0.2, 0.25) is 17.7 Å². The number of likely N-dealkylation sites (tertiary alicyclic amines) is 1. The molecule has 0 spiro atoms. The lowest BCUT2D eigenvalue weighted by atomic mass is 9.76. The van der Waals surface area contributed by atoms with Gasteiger partial charge in [0.1, 0.15) is 24.2 Å². The van der Waals surface area contributed by atoms with Crippen molar-refractivity contribution < 1.29 is 29.0 Å². The van der Waals surface area contributed by atoms with E-state index in [0.717, 1.165) is 45.0 Å².